The van der Waals surface area contributed by atoms with E-state index in [4.69, 9.17) is 16.3 Å². The van der Waals surface area contributed by atoms with Gasteiger partial charge in [-0.15, -0.1) is 16.4 Å². The van der Waals surface area contributed by atoms with Crippen molar-refractivity contribution in [3.8, 4) is 0 Å². The second kappa shape index (κ2) is 5.29. The second-order valence-electron chi connectivity index (χ2n) is 4.14. The van der Waals surface area contributed by atoms with Crippen LogP contribution in [0.2, 0.25) is 4.34 Å². The number of nitrogens with zero attached hydrogens (tertiary/aromatic N) is 5. The molecule has 96 valence electrons. The highest BCUT2D eigenvalue weighted by Crippen LogP contribution is 2.25. The number of rotatable bonds is 3. The van der Waals surface area contributed by atoms with Gasteiger partial charge in [-0.3, -0.25) is 0 Å². The molecule has 2 aromatic heterocycles. The molecule has 0 saturated carbocycles. The highest BCUT2D eigenvalue weighted by molar-refractivity contribution is 7.15. The van der Waals surface area contributed by atoms with E-state index in [1.165, 1.54) is 11.3 Å². The summed E-state index contributed by atoms with van der Waals surface area (Å²) < 4.78 is 7.85. The van der Waals surface area contributed by atoms with Crippen molar-refractivity contribution in [2.24, 2.45) is 0 Å². The first-order chi connectivity index (χ1) is 8.83. The maximum atomic E-state index is 5.87. The summed E-state index contributed by atoms with van der Waals surface area (Å²) in [5, 5.41) is 12.9. The summed E-state index contributed by atoms with van der Waals surface area (Å²) in [6, 6.07) is 0. The lowest BCUT2D eigenvalue weighted by Crippen LogP contribution is -2.19. The molecule has 0 aromatic carbocycles. The molecule has 3 rings (SSSR count). The third-order valence-electron chi connectivity index (χ3n) is 2.96. The molecule has 1 aliphatic rings. The van der Waals surface area contributed by atoms with E-state index in [-0.39, 0.29) is 0 Å². The summed E-state index contributed by atoms with van der Waals surface area (Å²) in [4.78, 5) is 4.22. The summed E-state index contributed by atoms with van der Waals surface area (Å²) in [5.74, 6) is 1.30. The number of aromatic nitrogens is 5. The summed E-state index contributed by atoms with van der Waals surface area (Å²) >= 11 is 7.32. The first-order valence-corrected chi connectivity index (χ1v) is 6.96. The summed E-state index contributed by atoms with van der Waals surface area (Å²) in [7, 11) is 0. The van der Waals surface area contributed by atoms with Crippen molar-refractivity contribution in [1.29, 1.82) is 0 Å². The molecule has 1 aliphatic heterocycles. The van der Waals surface area contributed by atoms with Crippen LogP contribution in [0.3, 0.4) is 0 Å². The second-order valence-corrected chi connectivity index (χ2v) is 5.89. The van der Waals surface area contributed by atoms with Crippen LogP contribution < -0.4 is 0 Å². The number of ether oxygens (including phenoxy) is 1. The van der Waals surface area contributed by atoms with E-state index in [1.54, 1.807) is 6.20 Å². The van der Waals surface area contributed by atoms with Gasteiger partial charge in [-0.25, -0.2) is 9.67 Å². The fourth-order valence-corrected chi connectivity index (χ4v) is 3.00. The lowest BCUT2D eigenvalue weighted by molar-refractivity contribution is 0.0826. The van der Waals surface area contributed by atoms with Crippen molar-refractivity contribution < 1.29 is 4.74 Å². The van der Waals surface area contributed by atoms with Gasteiger partial charge in [0.05, 0.1) is 12.7 Å². The molecule has 0 amide bonds. The van der Waals surface area contributed by atoms with Gasteiger partial charge in [-0.1, -0.05) is 11.6 Å². The van der Waals surface area contributed by atoms with Crippen LogP contribution in [0, 0.1) is 0 Å². The van der Waals surface area contributed by atoms with Crippen LogP contribution in [0.1, 0.15) is 29.6 Å². The Morgan fingerprint density at radius 1 is 1.44 bits per heavy atom. The molecule has 0 bridgehead atoms. The molecular weight excluding hydrogens is 274 g/mol. The molecule has 6 nitrogen and oxygen atoms in total. The quantitative estimate of drug-likeness (QED) is 0.859. The highest BCUT2D eigenvalue weighted by atomic mass is 35.5. The first-order valence-electron chi connectivity index (χ1n) is 5.77. The molecule has 2 aromatic rings. The zero-order valence-electron chi connectivity index (χ0n) is 9.62. The lowest BCUT2D eigenvalue weighted by Gasteiger charge is -2.20. The zero-order chi connectivity index (χ0) is 12.4. The Bertz CT molecular complexity index is 522. The van der Waals surface area contributed by atoms with Gasteiger partial charge in [0.15, 0.2) is 5.82 Å². The number of thiazole rings is 1. The normalized spacial score (nSPS) is 17.2. The Kier molecular flexibility index (Phi) is 3.53. The monoisotopic (exact) mass is 285 g/mol. The summed E-state index contributed by atoms with van der Waals surface area (Å²) in [5.41, 5.74) is 0. The minimum absolute atomic E-state index is 0.379. The molecule has 1 saturated heterocycles. The van der Waals surface area contributed by atoms with Crippen molar-refractivity contribution >= 4 is 22.9 Å². The van der Waals surface area contributed by atoms with E-state index >= 15 is 0 Å². The van der Waals surface area contributed by atoms with E-state index < -0.39 is 0 Å². The van der Waals surface area contributed by atoms with E-state index in [1.807, 2.05) is 4.68 Å². The van der Waals surface area contributed by atoms with E-state index in [9.17, 15) is 0 Å². The Balaban J connectivity index is 1.78. The van der Waals surface area contributed by atoms with Gasteiger partial charge >= 0.3 is 0 Å². The van der Waals surface area contributed by atoms with Crippen molar-refractivity contribution in [1.82, 2.24) is 25.2 Å². The minimum atomic E-state index is 0.379. The minimum Gasteiger partial charge on any atom is -0.381 e. The van der Waals surface area contributed by atoms with Gasteiger partial charge in [0.25, 0.3) is 0 Å². The van der Waals surface area contributed by atoms with Gasteiger partial charge in [-0.05, 0) is 23.3 Å². The zero-order valence-corrected chi connectivity index (χ0v) is 11.2. The third kappa shape index (κ3) is 2.52. The van der Waals surface area contributed by atoms with Crippen LogP contribution in [0.15, 0.2) is 6.20 Å². The molecule has 18 heavy (non-hydrogen) atoms. The molecule has 0 atom stereocenters. The van der Waals surface area contributed by atoms with Crippen LogP contribution in [-0.2, 0) is 11.3 Å². The molecule has 0 spiro atoms. The number of hydrogen-bond acceptors (Lipinski definition) is 6. The van der Waals surface area contributed by atoms with Crippen LogP contribution in [0.25, 0.3) is 0 Å². The smallest absolute Gasteiger partial charge is 0.155 e. The van der Waals surface area contributed by atoms with Gasteiger partial charge in [0.2, 0.25) is 0 Å². The number of tetrazole rings is 1. The molecule has 3 heterocycles. The topological polar surface area (TPSA) is 65.7 Å². The number of hydrogen-bond donors (Lipinski definition) is 0. The predicted octanol–water partition coefficient (Wildman–Crippen LogP) is 1.73. The van der Waals surface area contributed by atoms with Crippen LogP contribution in [0.5, 0.6) is 0 Å². The maximum Gasteiger partial charge on any atom is 0.155 e. The largest absolute Gasteiger partial charge is 0.381 e. The van der Waals surface area contributed by atoms with Crippen LogP contribution in [0.4, 0.5) is 0 Å². The summed E-state index contributed by atoms with van der Waals surface area (Å²) in [6.07, 6.45) is 3.60. The van der Waals surface area contributed by atoms with Gasteiger partial charge < -0.3 is 4.74 Å². The van der Waals surface area contributed by atoms with Crippen molar-refractivity contribution in [2.45, 2.75) is 25.3 Å². The molecule has 0 N–H and O–H groups in total. The lowest BCUT2D eigenvalue weighted by atomic mass is 10.00. The van der Waals surface area contributed by atoms with Gasteiger partial charge in [-0.2, -0.15) is 0 Å². The van der Waals surface area contributed by atoms with Crippen LogP contribution >= 0.6 is 22.9 Å². The van der Waals surface area contributed by atoms with E-state index in [2.05, 4.69) is 20.5 Å². The average molecular weight is 286 g/mol. The SMILES string of the molecule is Clc1cnc(Cn2nnnc2C2CCOCC2)s1. The van der Waals surface area contributed by atoms with Crippen molar-refractivity contribution in [3.05, 3.63) is 21.4 Å². The highest BCUT2D eigenvalue weighted by Gasteiger charge is 2.22. The molecule has 0 aliphatic carbocycles. The molecule has 8 heteroatoms. The number of halogens is 1. The Hall–Kier alpha value is -1.05. The van der Waals surface area contributed by atoms with E-state index in [0.29, 0.717) is 16.8 Å². The molecular formula is C10H12ClN5OS. The summed E-state index contributed by atoms with van der Waals surface area (Å²) in [6.45, 7) is 2.14. The van der Waals surface area contributed by atoms with Gasteiger partial charge in [0, 0.05) is 19.1 Å². The molecule has 0 radical (unpaired) electrons. The van der Waals surface area contributed by atoms with Crippen molar-refractivity contribution in [3.63, 3.8) is 0 Å². The molecule has 0 unspecified atom stereocenters. The molecule has 1 fully saturated rings. The fraction of sp³-hybridized carbons (Fsp3) is 0.600. The predicted molar refractivity (Wildman–Crippen MR) is 66.8 cm³/mol. The third-order valence-corrected chi connectivity index (χ3v) is 4.06. The standard InChI is InChI=1S/C10H12ClN5OS/c11-8-5-12-9(18-8)6-16-10(13-14-15-16)7-1-3-17-4-2-7/h5,7H,1-4,6H2. The van der Waals surface area contributed by atoms with Gasteiger partial charge in [0.1, 0.15) is 9.34 Å². The maximum absolute atomic E-state index is 5.87. The first kappa shape index (κ1) is 12.0. The Morgan fingerprint density at radius 2 is 2.28 bits per heavy atom. The average Bonchev–Trinajstić information content (AvgIpc) is 3.00. The van der Waals surface area contributed by atoms with Crippen molar-refractivity contribution in [2.75, 3.05) is 13.2 Å². The Morgan fingerprint density at radius 3 is 3.00 bits per heavy atom. The van der Waals surface area contributed by atoms with Crippen LogP contribution in [-0.4, -0.2) is 38.4 Å². The van der Waals surface area contributed by atoms with E-state index in [0.717, 1.165) is 36.9 Å². The Labute approximate surface area is 113 Å². The fourth-order valence-electron chi connectivity index (χ4n) is 2.06.